The van der Waals surface area contributed by atoms with E-state index in [9.17, 15) is 0 Å². The lowest BCUT2D eigenvalue weighted by atomic mass is 9.96. The monoisotopic (exact) mass is 561 g/mol. The van der Waals surface area contributed by atoms with Crippen molar-refractivity contribution in [2.75, 3.05) is 66.1 Å². The summed E-state index contributed by atoms with van der Waals surface area (Å²) in [4.78, 5) is 12.1. The average Bonchev–Trinajstić information content (AvgIpc) is 3.28. The Morgan fingerprint density at radius 3 is 2.55 bits per heavy atom. The third-order valence-electron chi connectivity index (χ3n) is 6.84. The maximum Gasteiger partial charge on any atom is 0.193 e. The fourth-order valence-corrected chi connectivity index (χ4v) is 5.15. The minimum Gasteiger partial charge on any atom is -0.379 e. The Hall–Kier alpha value is -0.610. The largest absolute Gasteiger partial charge is 0.379 e. The van der Waals surface area contributed by atoms with Gasteiger partial charge in [-0.1, -0.05) is 29.8 Å². The Balaban J connectivity index is 0.00000272. The van der Waals surface area contributed by atoms with Gasteiger partial charge in [0.15, 0.2) is 5.96 Å². The van der Waals surface area contributed by atoms with Crippen molar-refractivity contribution in [2.24, 2.45) is 10.9 Å². The van der Waals surface area contributed by atoms with Gasteiger partial charge in [0.1, 0.15) is 0 Å². The molecule has 1 N–H and O–H groups in total. The smallest absolute Gasteiger partial charge is 0.193 e. The minimum absolute atomic E-state index is 0. The van der Waals surface area contributed by atoms with Gasteiger partial charge < -0.3 is 15.0 Å². The van der Waals surface area contributed by atoms with Crippen molar-refractivity contribution in [1.82, 2.24) is 20.0 Å². The molecule has 8 heteroatoms. The molecule has 31 heavy (non-hydrogen) atoms. The molecule has 0 radical (unpaired) electrons. The summed E-state index contributed by atoms with van der Waals surface area (Å²) in [5.74, 6) is 1.78. The number of aliphatic imine (C=N–C) groups is 1. The second kappa shape index (κ2) is 12.6. The standard InChI is InChI=1S/C23H36ClN5O.HI/c1-25-23(29-11-8-21(18-29)28-12-14-30-15-13-28)26-16-19-6-9-27(10-7-19)17-20-4-2-3-5-22(20)24;/h2-5,19,21H,6-18H2,1H3,(H,25,26);1H. The Labute approximate surface area is 209 Å². The van der Waals surface area contributed by atoms with Crippen LogP contribution >= 0.6 is 35.6 Å². The number of nitrogens with zero attached hydrogens (tertiary/aromatic N) is 4. The number of rotatable bonds is 5. The molecule has 4 rings (SSSR count). The zero-order valence-electron chi connectivity index (χ0n) is 18.6. The highest BCUT2D eigenvalue weighted by atomic mass is 127. The topological polar surface area (TPSA) is 43.3 Å². The fourth-order valence-electron chi connectivity index (χ4n) is 4.96. The molecule has 0 aliphatic carbocycles. The maximum absolute atomic E-state index is 6.33. The highest BCUT2D eigenvalue weighted by molar-refractivity contribution is 14.0. The van der Waals surface area contributed by atoms with Gasteiger partial charge in [-0.15, -0.1) is 24.0 Å². The molecule has 0 saturated carbocycles. The van der Waals surface area contributed by atoms with Crippen LogP contribution in [0.15, 0.2) is 29.3 Å². The van der Waals surface area contributed by atoms with E-state index >= 15 is 0 Å². The first-order chi connectivity index (χ1) is 14.7. The van der Waals surface area contributed by atoms with Gasteiger partial charge >= 0.3 is 0 Å². The number of ether oxygens (including phenoxy) is 1. The van der Waals surface area contributed by atoms with E-state index in [1.807, 2.05) is 19.2 Å². The first-order valence-electron chi connectivity index (χ1n) is 11.5. The molecule has 1 atom stereocenters. The van der Waals surface area contributed by atoms with E-state index in [1.165, 1.54) is 24.8 Å². The van der Waals surface area contributed by atoms with Crippen LogP contribution in [0.4, 0.5) is 0 Å². The van der Waals surface area contributed by atoms with Crippen LogP contribution in [0.2, 0.25) is 5.02 Å². The molecule has 3 saturated heterocycles. The molecule has 1 unspecified atom stereocenters. The van der Waals surface area contributed by atoms with Crippen LogP contribution in [-0.2, 0) is 11.3 Å². The zero-order chi connectivity index (χ0) is 20.8. The molecular formula is C23H37ClIN5O. The summed E-state index contributed by atoms with van der Waals surface area (Å²) >= 11 is 6.33. The summed E-state index contributed by atoms with van der Waals surface area (Å²) in [6.45, 7) is 10.3. The molecule has 0 bridgehead atoms. The van der Waals surface area contributed by atoms with E-state index in [2.05, 4.69) is 37.1 Å². The number of likely N-dealkylation sites (tertiary alicyclic amines) is 2. The Bertz CT molecular complexity index is 707. The second-order valence-electron chi connectivity index (χ2n) is 8.78. The van der Waals surface area contributed by atoms with Crippen molar-refractivity contribution in [3.63, 3.8) is 0 Å². The highest BCUT2D eigenvalue weighted by Crippen LogP contribution is 2.22. The summed E-state index contributed by atoms with van der Waals surface area (Å²) < 4.78 is 5.51. The van der Waals surface area contributed by atoms with Gasteiger partial charge in [0.25, 0.3) is 0 Å². The molecule has 3 aliphatic rings. The van der Waals surface area contributed by atoms with Crippen molar-refractivity contribution in [3.8, 4) is 0 Å². The van der Waals surface area contributed by atoms with Gasteiger partial charge in [-0.25, -0.2) is 0 Å². The second-order valence-corrected chi connectivity index (χ2v) is 9.18. The Kier molecular flexibility index (Phi) is 10.2. The van der Waals surface area contributed by atoms with Crippen molar-refractivity contribution in [2.45, 2.75) is 31.8 Å². The molecule has 0 aromatic heterocycles. The number of benzene rings is 1. The summed E-state index contributed by atoms with van der Waals surface area (Å²) in [7, 11) is 1.91. The molecule has 3 aliphatic heterocycles. The van der Waals surface area contributed by atoms with Crippen LogP contribution in [0.3, 0.4) is 0 Å². The maximum atomic E-state index is 6.33. The third-order valence-corrected chi connectivity index (χ3v) is 7.21. The van der Waals surface area contributed by atoms with E-state index in [4.69, 9.17) is 16.3 Å². The highest BCUT2D eigenvalue weighted by Gasteiger charge is 2.30. The number of hydrogen-bond acceptors (Lipinski definition) is 4. The lowest BCUT2D eigenvalue weighted by Crippen LogP contribution is -2.47. The van der Waals surface area contributed by atoms with Crippen molar-refractivity contribution >= 4 is 41.5 Å². The van der Waals surface area contributed by atoms with Crippen LogP contribution in [0.25, 0.3) is 0 Å². The number of halogens is 2. The van der Waals surface area contributed by atoms with Crippen molar-refractivity contribution in [1.29, 1.82) is 0 Å². The molecule has 1 aromatic rings. The zero-order valence-corrected chi connectivity index (χ0v) is 21.7. The van der Waals surface area contributed by atoms with Crippen LogP contribution in [-0.4, -0.2) is 92.8 Å². The normalized spacial score (nSPS) is 24.3. The van der Waals surface area contributed by atoms with Crippen molar-refractivity contribution in [3.05, 3.63) is 34.9 Å². The number of morpholine rings is 1. The van der Waals surface area contributed by atoms with Gasteiger partial charge in [0.05, 0.1) is 13.2 Å². The van der Waals surface area contributed by atoms with Crippen LogP contribution < -0.4 is 5.32 Å². The molecular weight excluding hydrogens is 525 g/mol. The van der Waals surface area contributed by atoms with E-state index in [-0.39, 0.29) is 24.0 Å². The van der Waals surface area contributed by atoms with Crippen LogP contribution in [0.1, 0.15) is 24.8 Å². The molecule has 1 aromatic carbocycles. The first-order valence-corrected chi connectivity index (χ1v) is 11.8. The number of nitrogens with one attached hydrogen (secondary N) is 1. The number of guanidine groups is 1. The van der Waals surface area contributed by atoms with Gasteiger partial charge in [0, 0.05) is 57.4 Å². The van der Waals surface area contributed by atoms with Crippen LogP contribution in [0.5, 0.6) is 0 Å². The number of piperidine rings is 1. The lowest BCUT2D eigenvalue weighted by molar-refractivity contribution is 0.0194. The Morgan fingerprint density at radius 1 is 1.10 bits per heavy atom. The Morgan fingerprint density at radius 2 is 1.84 bits per heavy atom. The third kappa shape index (κ3) is 6.93. The molecule has 0 amide bonds. The minimum atomic E-state index is 0. The predicted molar refractivity (Wildman–Crippen MR) is 139 cm³/mol. The average molecular weight is 562 g/mol. The predicted octanol–water partition coefficient (Wildman–Crippen LogP) is 3.15. The van der Waals surface area contributed by atoms with Gasteiger partial charge in [-0.2, -0.15) is 0 Å². The first kappa shape index (κ1) is 25.0. The molecule has 0 spiro atoms. The molecule has 3 heterocycles. The van der Waals surface area contributed by atoms with E-state index in [0.717, 1.165) is 76.6 Å². The fraction of sp³-hybridized carbons (Fsp3) is 0.696. The molecule has 6 nitrogen and oxygen atoms in total. The van der Waals surface area contributed by atoms with E-state index < -0.39 is 0 Å². The van der Waals surface area contributed by atoms with E-state index in [1.54, 1.807) is 0 Å². The lowest BCUT2D eigenvalue weighted by Gasteiger charge is -2.33. The summed E-state index contributed by atoms with van der Waals surface area (Å²) in [5.41, 5.74) is 1.24. The SMILES string of the molecule is CN=C(NCC1CCN(Cc2ccccc2Cl)CC1)N1CCC(N2CCOCC2)C1.I. The summed E-state index contributed by atoms with van der Waals surface area (Å²) in [5, 5.41) is 4.55. The van der Waals surface area contributed by atoms with Crippen LogP contribution in [0, 0.1) is 5.92 Å². The van der Waals surface area contributed by atoms with Crippen molar-refractivity contribution < 1.29 is 4.74 Å². The van der Waals surface area contributed by atoms with Gasteiger partial charge in [-0.05, 0) is 49.9 Å². The molecule has 3 fully saturated rings. The van der Waals surface area contributed by atoms with Gasteiger partial charge in [0.2, 0.25) is 0 Å². The molecule has 174 valence electrons. The summed E-state index contributed by atoms with van der Waals surface area (Å²) in [6, 6.07) is 8.84. The van der Waals surface area contributed by atoms with E-state index in [0.29, 0.717) is 12.0 Å². The summed E-state index contributed by atoms with van der Waals surface area (Å²) in [6.07, 6.45) is 3.68. The number of hydrogen-bond donors (Lipinski definition) is 1. The van der Waals surface area contributed by atoms with Gasteiger partial charge in [-0.3, -0.25) is 14.8 Å². The quantitative estimate of drug-likeness (QED) is 0.340.